The van der Waals surface area contributed by atoms with E-state index in [0.717, 1.165) is 24.1 Å². The van der Waals surface area contributed by atoms with Crippen LogP contribution in [0.15, 0.2) is 42.7 Å². The van der Waals surface area contributed by atoms with Crippen LogP contribution in [0.2, 0.25) is 0 Å². The maximum Gasteiger partial charge on any atom is 0.131 e. The highest BCUT2D eigenvalue weighted by molar-refractivity contribution is 5.21. The van der Waals surface area contributed by atoms with Gasteiger partial charge in [-0.05, 0) is 30.7 Å². The van der Waals surface area contributed by atoms with Crippen molar-refractivity contribution in [1.29, 1.82) is 0 Å². The average Bonchev–Trinajstić information content (AvgIpc) is 2.44. The zero-order valence-electron chi connectivity index (χ0n) is 10.9. The molecule has 0 radical (unpaired) electrons. The highest BCUT2D eigenvalue weighted by atomic mass is 19.1. The fourth-order valence-corrected chi connectivity index (χ4v) is 1.90. The molecule has 0 aliphatic carbocycles. The predicted molar refractivity (Wildman–Crippen MR) is 72.1 cm³/mol. The highest BCUT2D eigenvalue weighted by Crippen LogP contribution is 2.17. The van der Waals surface area contributed by atoms with E-state index in [1.807, 2.05) is 12.1 Å². The molecule has 0 bridgehead atoms. The number of nitrogens with one attached hydrogen (secondary N) is 1. The monoisotopic (exact) mass is 278 g/mol. The molecule has 20 heavy (non-hydrogen) atoms. The SMILES string of the molecule is OC(CNCCc1cccnc1)c1ccc(F)cc1F. The van der Waals surface area contributed by atoms with Gasteiger partial charge in [0, 0.05) is 30.6 Å². The Labute approximate surface area is 116 Å². The minimum atomic E-state index is -0.996. The molecule has 2 rings (SSSR count). The van der Waals surface area contributed by atoms with Crippen LogP contribution in [0.5, 0.6) is 0 Å². The third-order valence-electron chi connectivity index (χ3n) is 2.97. The van der Waals surface area contributed by atoms with Crippen LogP contribution in [0.4, 0.5) is 8.78 Å². The van der Waals surface area contributed by atoms with E-state index >= 15 is 0 Å². The maximum absolute atomic E-state index is 13.4. The Morgan fingerprint density at radius 2 is 2.10 bits per heavy atom. The van der Waals surface area contributed by atoms with Crippen LogP contribution in [0.25, 0.3) is 0 Å². The molecule has 1 unspecified atom stereocenters. The smallest absolute Gasteiger partial charge is 0.131 e. The molecule has 1 aromatic heterocycles. The van der Waals surface area contributed by atoms with Gasteiger partial charge < -0.3 is 10.4 Å². The predicted octanol–water partition coefficient (Wildman–Crippen LogP) is 2.23. The van der Waals surface area contributed by atoms with Crippen LogP contribution in [-0.4, -0.2) is 23.2 Å². The maximum atomic E-state index is 13.4. The first-order valence-corrected chi connectivity index (χ1v) is 6.39. The summed E-state index contributed by atoms with van der Waals surface area (Å²) in [7, 11) is 0. The Morgan fingerprint density at radius 3 is 2.80 bits per heavy atom. The van der Waals surface area contributed by atoms with Crippen molar-refractivity contribution in [2.24, 2.45) is 0 Å². The Morgan fingerprint density at radius 1 is 1.25 bits per heavy atom. The number of benzene rings is 1. The Hall–Kier alpha value is -1.85. The molecule has 0 fully saturated rings. The number of rotatable bonds is 6. The van der Waals surface area contributed by atoms with E-state index in [4.69, 9.17) is 0 Å². The number of nitrogens with zero attached hydrogens (tertiary/aromatic N) is 1. The van der Waals surface area contributed by atoms with E-state index in [1.54, 1.807) is 12.4 Å². The lowest BCUT2D eigenvalue weighted by Gasteiger charge is -2.13. The van der Waals surface area contributed by atoms with Crippen LogP contribution in [0, 0.1) is 11.6 Å². The summed E-state index contributed by atoms with van der Waals surface area (Å²) in [6.07, 6.45) is 3.26. The molecule has 0 aliphatic rings. The molecule has 1 aromatic carbocycles. The van der Waals surface area contributed by atoms with Crippen LogP contribution in [-0.2, 0) is 6.42 Å². The van der Waals surface area contributed by atoms with Crippen molar-refractivity contribution >= 4 is 0 Å². The van der Waals surface area contributed by atoms with E-state index in [1.165, 1.54) is 6.07 Å². The van der Waals surface area contributed by atoms with Gasteiger partial charge in [0.25, 0.3) is 0 Å². The van der Waals surface area contributed by atoms with Crippen LogP contribution in [0.3, 0.4) is 0 Å². The quantitative estimate of drug-likeness (QED) is 0.796. The Kier molecular flexibility index (Phi) is 5.15. The second-order valence-electron chi connectivity index (χ2n) is 4.50. The molecule has 106 valence electrons. The van der Waals surface area contributed by atoms with Gasteiger partial charge in [0.05, 0.1) is 6.10 Å². The number of aromatic nitrogens is 1. The molecule has 3 nitrogen and oxygen atoms in total. The van der Waals surface area contributed by atoms with Crippen LogP contribution < -0.4 is 5.32 Å². The summed E-state index contributed by atoms with van der Waals surface area (Å²) in [6, 6.07) is 6.99. The molecule has 0 amide bonds. The lowest BCUT2D eigenvalue weighted by Crippen LogP contribution is -2.24. The topological polar surface area (TPSA) is 45.1 Å². The summed E-state index contributed by atoms with van der Waals surface area (Å²) in [4.78, 5) is 4.00. The van der Waals surface area contributed by atoms with Crippen molar-refractivity contribution in [2.75, 3.05) is 13.1 Å². The van der Waals surface area contributed by atoms with Crippen molar-refractivity contribution in [1.82, 2.24) is 10.3 Å². The van der Waals surface area contributed by atoms with Crippen molar-refractivity contribution in [2.45, 2.75) is 12.5 Å². The van der Waals surface area contributed by atoms with Gasteiger partial charge >= 0.3 is 0 Å². The average molecular weight is 278 g/mol. The van der Waals surface area contributed by atoms with Crippen molar-refractivity contribution in [3.8, 4) is 0 Å². The van der Waals surface area contributed by atoms with Gasteiger partial charge in [-0.25, -0.2) is 8.78 Å². The van der Waals surface area contributed by atoms with Gasteiger partial charge in [0.2, 0.25) is 0 Å². The number of hydrogen-bond donors (Lipinski definition) is 2. The first-order valence-electron chi connectivity index (χ1n) is 6.39. The van der Waals surface area contributed by atoms with Crippen molar-refractivity contribution in [3.63, 3.8) is 0 Å². The molecule has 2 N–H and O–H groups in total. The Bertz CT molecular complexity index is 549. The van der Waals surface area contributed by atoms with Gasteiger partial charge in [-0.2, -0.15) is 0 Å². The third kappa shape index (κ3) is 4.08. The second-order valence-corrected chi connectivity index (χ2v) is 4.50. The highest BCUT2D eigenvalue weighted by Gasteiger charge is 2.12. The van der Waals surface area contributed by atoms with Gasteiger partial charge in [-0.3, -0.25) is 4.98 Å². The van der Waals surface area contributed by atoms with E-state index in [9.17, 15) is 13.9 Å². The third-order valence-corrected chi connectivity index (χ3v) is 2.97. The van der Waals surface area contributed by atoms with Crippen LogP contribution >= 0.6 is 0 Å². The van der Waals surface area contributed by atoms with E-state index in [-0.39, 0.29) is 12.1 Å². The summed E-state index contributed by atoms with van der Waals surface area (Å²) in [6.45, 7) is 0.856. The first-order chi connectivity index (χ1) is 9.66. The number of aliphatic hydroxyl groups is 1. The molecule has 0 spiro atoms. The lowest BCUT2D eigenvalue weighted by molar-refractivity contribution is 0.170. The normalized spacial score (nSPS) is 12.3. The van der Waals surface area contributed by atoms with Gasteiger partial charge in [0.15, 0.2) is 0 Å². The van der Waals surface area contributed by atoms with Crippen molar-refractivity contribution < 1.29 is 13.9 Å². The summed E-state index contributed by atoms with van der Waals surface area (Å²) in [5.74, 6) is -1.38. The molecule has 5 heteroatoms. The van der Waals surface area contributed by atoms with E-state index in [0.29, 0.717) is 6.54 Å². The summed E-state index contributed by atoms with van der Waals surface area (Å²) >= 11 is 0. The summed E-state index contributed by atoms with van der Waals surface area (Å²) in [5, 5.41) is 12.9. The summed E-state index contributed by atoms with van der Waals surface area (Å²) in [5.41, 5.74) is 1.18. The summed E-state index contributed by atoms with van der Waals surface area (Å²) < 4.78 is 26.2. The zero-order valence-corrected chi connectivity index (χ0v) is 10.9. The number of aliphatic hydroxyl groups excluding tert-OH is 1. The Balaban J connectivity index is 1.79. The molecule has 0 saturated heterocycles. The number of hydrogen-bond acceptors (Lipinski definition) is 3. The van der Waals surface area contributed by atoms with Gasteiger partial charge in [-0.1, -0.05) is 12.1 Å². The molecule has 1 atom stereocenters. The standard InChI is InChI=1S/C15H16F2N2O/c16-12-3-4-13(14(17)8-12)15(20)10-19-7-5-11-2-1-6-18-9-11/h1-4,6,8-9,15,19-20H,5,7,10H2. The molecule has 0 saturated carbocycles. The number of halogens is 2. The zero-order chi connectivity index (χ0) is 14.4. The molecule has 2 aromatic rings. The second kappa shape index (κ2) is 7.07. The number of pyridine rings is 1. The molecule has 0 aliphatic heterocycles. The van der Waals surface area contributed by atoms with Crippen molar-refractivity contribution in [3.05, 3.63) is 65.5 Å². The minimum absolute atomic E-state index is 0.0975. The minimum Gasteiger partial charge on any atom is -0.387 e. The van der Waals surface area contributed by atoms with Gasteiger partial charge in [-0.15, -0.1) is 0 Å². The van der Waals surface area contributed by atoms with Gasteiger partial charge in [0.1, 0.15) is 11.6 Å². The fraction of sp³-hybridized carbons (Fsp3) is 0.267. The molecular weight excluding hydrogens is 262 g/mol. The van der Waals surface area contributed by atoms with E-state index in [2.05, 4.69) is 10.3 Å². The largest absolute Gasteiger partial charge is 0.387 e. The van der Waals surface area contributed by atoms with Crippen LogP contribution in [0.1, 0.15) is 17.2 Å². The first kappa shape index (κ1) is 14.6. The lowest BCUT2D eigenvalue weighted by atomic mass is 10.1. The fourth-order valence-electron chi connectivity index (χ4n) is 1.90. The molecule has 1 heterocycles. The van der Waals surface area contributed by atoms with E-state index < -0.39 is 17.7 Å². The molecular formula is C15H16F2N2O.